The monoisotopic (exact) mass is 288 g/mol. The van der Waals surface area contributed by atoms with E-state index < -0.39 is 0 Å². The number of methoxy groups -OCH3 is 1. The summed E-state index contributed by atoms with van der Waals surface area (Å²) in [7, 11) is 1.73. The van der Waals surface area contributed by atoms with Crippen LogP contribution in [-0.4, -0.2) is 25.7 Å². The second-order valence-corrected chi connectivity index (χ2v) is 6.57. The van der Waals surface area contributed by atoms with Crippen LogP contribution in [0.1, 0.15) is 50.6 Å². The molecule has 1 aromatic rings. The summed E-state index contributed by atoms with van der Waals surface area (Å²) in [5.74, 6) is 1.75. The van der Waals surface area contributed by atoms with Gasteiger partial charge in [-0.05, 0) is 62.8 Å². The topological polar surface area (TPSA) is 33.3 Å². The van der Waals surface area contributed by atoms with Gasteiger partial charge in [-0.15, -0.1) is 0 Å². The van der Waals surface area contributed by atoms with Crippen molar-refractivity contribution in [2.75, 3.05) is 13.7 Å². The van der Waals surface area contributed by atoms with Crippen molar-refractivity contribution in [3.8, 4) is 5.75 Å². The van der Waals surface area contributed by atoms with E-state index in [0.717, 1.165) is 17.7 Å². The van der Waals surface area contributed by atoms with Gasteiger partial charge in [-0.1, -0.05) is 18.6 Å². The first kappa shape index (κ1) is 14.9. The zero-order valence-electron chi connectivity index (χ0n) is 13.3. The van der Waals surface area contributed by atoms with Crippen LogP contribution in [0.25, 0.3) is 0 Å². The second-order valence-electron chi connectivity index (χ2n) is 6.57. The number of hydrogen-bond acceptors (Lipinski definition) is 3. The number of benzene rings is 1. The molecule has 1 aliphatic heterocycles. The lowest BCUT2D eigenvalue weighted by atomic mass is 9.92. The molecule has 21 heavy (non-hydrogen) atoms. The lowest BCUT2D eigenvalue weighted by Gasteiger charge is -2.29. The molecule has 0 bridgehead atoms. The molecule has 1 aromatic carbocycles. The van der Waals surface area contributed by atoms with Crippen LogP contribution in [0.3, 0.4) is 0 Å². The summed E-state index contributed by atoms with van der Waals surface area (Å²) < 4.78 is 5.34. The average Bonchev–Trinajstić information content (AvgIpc) is 3.18. The zero-order valence-corrected chi connectivity index (χ0v) is 13.3. The molecule has 3 unspecified atom stereocenters. The summed E-state index contributed by atoms with van der Waals surface area (Å²) in [5, 5.41) is 7.58. The van der Waals surface area contributed by atoms with Gasteiger partial charge >= 0.3 is 0 Å². The lowest BCUT2D eigenvalue weighted by molar-refractivity contribution is 0.303. The van der Waals surface area contributed by atoms with Crippen LogP contribution in [0.4, 0.5) is 0 Å². The molecule has 3 rings (SSSR count). The Balaban J connectivity index is 1.64. The molecule has 1 heterocycles. The van der Waals surface area contributed by atoms with E-state index in [9.17, 15) is 0 Å². The first-order chi connectivity index (χ1) is 10.3. The molecule has 1 aliphatic carbocycles. The maximum atomic E-state index is 5.34. The van der Waals surface area contributed by atoms with Crippen molar-refractivity contribution in [2.45, 2.75) is 57.2 Å². The third-order valence-electron chi connectivity index (χ3n) is 5.24. The first-order valence-corrected chi connectivity index (χ1v) is 8.41. The van der Waals surface area contributed by atoms with Gasteiger partial charge in [0.05, 0.1) is 7.11 Å². The predicted octanol–water partition coefficient (Wildman–Crippen LogP) is 3.27. The van der Waals surface area contributed by atoms with E-state index >= 15 is 0 Å². The summed E-state index contributed by atoms with van der Waals surface area (Å²) in [4.78, 5) is 0. The molecule has 3 heteroatoms. The molecule has 4 atom stereocenters. The summed E-state index contributed by atoms with van der Waals surface area (Å²) in [6.07, 6.45) is 6.76. The molecular formula is C18H28N2O. The molecule has 0 aromatic heterocycles. The lowest BCUT2D eigenvalue weighted by Crippen LogP contribution is -2.42. The Hall–Kier alpha value is -1.06. The van der Waals surface area contributed by atoms with Gasteiger partial charge in [0, 0.05) is 18.1 Å². The normalized spacial score (nSPS) is 30.5. The molecule has 0 spiro atoms. The van der Waals surface area contributed by atoms with E-state index in [4.69, 9.17) is 4.74 Å². The van der Waals surface area contributed by atoms with E-state index in [0.29, 0.717) is 12.1 Å². The summed E-state index contributed by atoms with van der Waals surface area (Å²) >= 11 is 0. The van der Waals surface area contributed by atoms with Gasteiger partial charge in [0.15, 0.2) is 0 Å². The predicted molar refractivity (Wildman–Crippen MR) is 86.7 cm³/mol. The van der Waals surface area contributed by atoms with E-state index in [-0.39, 0.29) is 0 Å². The van der Waals surface area contributed by atoms with E-state index in [1.807, 2.05) is 6.07 Å². The Morgan fingerprint density at radius 2 is 2.14 bits per heavy atom. The van der Waals surface area contributed by atoms with Gasteiger partial charge in [-0.2, -0.15) is 0 Å². The van der Waals surface area contributed by atoms with Crippen molar-refractivity contribution in [1.82, 2.24) is 10.6 Å². The van der Waals surface area contributed by atoms with Gasteiger partial charge in [0.2, 0.25) is 0 Å². The van der Waals surface area contributed by atoms with Crippen molar-refractivity contribution >= 4 is 0 Å². The SMILES string of the molecule is COc1cccc([C@H](C)NC2CCCC2C2CCCN2)c1. The molecule has 3 nitrogen and oxygen atoms in total. The standard InChI is InChI=1S/C18H28N2O/c1-13(14-6-3-7-15(12-14)21-2)20-18-9-4-8-16(18)17-10-5-11-19-17/h3,6-7,12-13,16-20H,4-5,8-11H2,1-2H3/t13-,16?,17?,18?/m0/s1. The van der Waals surface area contributed by atoms with Gasteiger partial charge < -0.3 is 15.4 Å². The minimum absolute atomic E-state index is 0.382. The van der Waals surface area contributed by atoms with Crippen molar-refractivity contribution in [3.63, 3.8) is 0 Å². The summed E-state index contributed by atoms with van der Waals surface area (Å²) in [6.45, 7) is 3.48. The number of hydrogen-bond donors (Lipinski definition) is 2. The van der Waals surface area contributed by atoms with Crippen LogP contribution in [0, 0.1) is 5.92 Å². The Morgan fingerprint density at radius 3 is 2.90 bits per heavy atom. The van der Waals surface area contributed by atoms with Crippen LogP contribution in [-0.2, 0) is 0 Å². The van der Waals surface area contributed by atoms with E-state index in [1.54, 1.807) is 7.11 Å². The van der Waals surface area contributed by atoms with Crippen molar-refractivity contribution in [1.29, 1.82) is 0 Å². The molecule has 2 aliphatic rings. The fourth-order valence-corrected chi connectivity index (χ4v) is 4.08. The Kier molecular flexibility index (Phi) is 4.81. The zero-order chi connectivity index (χ0) is 14.7. The third kappa shape index (κ3) is 3.41. The Labute approximate surface area is 128 Å². The van der Waals surface area contributed by atoms with E-state index in [1.165, 1.54) is 44.2 Å². The Bertz CT molecular complexity index is 456. The van der Waals surface area contributed by atoms with Gasteiger partial charge in [0.1, 0.15) is 5.75 Å². The summed E-state index contributed by atoms with van der Waals surface area (Å²) in [6, 6.07) is 10.2. The molecule has 1 saturated carbocycles. The number of nitrogens with one attached hydrogen (secondary N) is 2. The van der Waals surface area contributed by atoms with Crippen molar-refractivity contribution in [2.24, 2.45) is 5.92 Å². The summed E-state index contributed by atoms with van der Waals surface area (Å²) in [5.41, 5.74) is 1.32. The molecule has 0 amide bonds. The van der Waals surface area contributed by atoms with Crippen molar-refractivity contribution < 1.29 is 4.74 Å². The highest BCUT2D eigenvalue weighted by Crippen LogP contribution is 2.33. The molecule has 2 N–H and O–H groups in total. The van der Waals surface area contributed by atoms with Gasteiger partial charge in [-0.25, -0.2) is 0 Å². The van der Waals surface area contributed by atoms with Crippen LogP contribution >= 0.6 is 0 Å². The highest BCUT2D eigenvalue weighted by Gasteiger charge is 2.35. The molecule has 116 valence electrons. The van der Waals surface area contributed by atoms with Crippen LogP contribution in [0.5, 0.6) is 5.75 Å². The van der Waals surface area contributed by atoms with Crippen LogP contribution in [0.15, 0.2) is 24.3 Å². The first-order valence-electron chi connectivity index (χ1n) is 8.41. The quantitative estimate of drug-likeness (QED) is 0.872. The maximum Gasteiger partial charge on any atom is 0.119 e. The Morgan fingerprint density at radius 1 is 1.24 bits per heavy atom. The smallest absolute Gasteiger partial charge is 0.119 e. The average molecular weight is 288 g/mol. The third-order valence-corrected chi connectivity index (χ3v) is 5.24. The van der Waals surface area contributed by atoms with Gasteiger partial charge in [0.25, 0.3) is 0 Å². The molecular weight excluding hydrogens is 260 g/mol. The maximum absolute atomic E-state index is 5.34. The van der Waals surface area contributed by atoms with E-state index in [2.05, 4.69) is 35.8 Å². The minimum atomic E-state index is 0.382. The van der Waals surface area contributed by atoms with Crippen LogP contribution < -0.4 is 15.4 Å². The largest absolute Gasteiger partial charge is 0.497 e. The van der Waals surface area contributed by atoms with Crippen LogP contribution in [0.2, 0.25) is 0 Å². The highest BCUT2D eigenvalue weighted by molar-refractivity contribution is 5.30. The number of ether oxygens (including phenoxy) is 1. The van der Waals surface area contributed by atoms with Crippen molar-refractivity contribution in [3.05, 3.63) is 29.8 Å². The highest BCUT2D eigenvalue weighted by atomic mass is 16.5. The second kappa shape index (κ2) is 6.80. The fraction of sp³-hybridized carbons (Fsp3) is 0.667. The molecule has 0 radical (unpaired) electrons. The number of rotatable bonds is 5. The van der Waals surface area contributed by atoms with Gasteiger partial charge in [-0.3, -0.25) is 0 Å². The fourth-order valence-electron chi connectivity index (χ4n) is 4.08. The molecule has 1 saturated heterocycles. The molecule has 2 fully saturated rings. The minimum Gasteiger partial charge on any atom is -0.497 e.